The maximum Gasteiger partial charge on any atom is 0.158 e. The largest absolute Gasteiger partial charge is 0.247 e. The summed E-state index contributed by atoms with van der Waals surface area (Å²) in [7, 11) is 0. The van der Waals surface area contributed by atoms with Crippen LogP contribution in [-0.4, -0.2) is 11.0 Å². The van der Waals surface area contributed by atoms with Gasteiger partial charge in [0.25, 0.3) is 0 Å². The van der Waals surface area contributed by atoms with E-state index in [9.17, 15) is 0 Å². The third kappa shape index (κ3) is 1.38. The monoisotopic (exact) mass is 213 g/mol. The zero-order valence-corrected chi connectivity index (χ0v) is 8.56. The van der Waals surface area contributed by atoms with Gasteiger partial charge in [0, 0.05) is 12.4 Å². The van der Waals surface area contributed by atoms with Crippen molar-refractivity contribution in [3.8, 4) is 0 Å². The average molecular weight is 213 g/mol. The Balaban J connectivity index is 1.92. The van der Waals surface area contributed by atoms with E-state index in [1.54, 1.807) is 6.34 Å². The van der Waals surface area contributed by atoms with Gasteiger partial charge >= 0.3 is 0 Å². The van der Waals surface area contributed by atoms with Crippen molar-refractivity contribution >= 4 is 12.0 Å². The highest BCUT2D eigenvalue weighted by molar-refractivity contribution is 5.74. The predicted octanol–water partition coefficient (Wildman–Crippen LogP) is 1.31. The quantitative estimate of drug-likeness (QED) is 0.817. The molecule has 0 amide bonds. The summed E-state index contributed by atoms with van der Waals surface area (Å²) in [4.78, 5) is 0. The molecule has 16 heavy (non-hydrogen) atoms. The fraction of sp³-hybridized carbons (Fsp3) is 0. The molecule has 0 radical (unpaired) electrons. The van der Waals surface area contributed by atoms with E-state index in [0.29, 0.717) is 0 Å². The Morgan fingerprint density at radius 1 is 0.938 bits per heavy atom. The predicted molar refractivity (Wildman–Crippen MR) is 63.2 cm³/mol. The number of hydrazone groups is 1. The topological polar surface area (TPSA) is 35.8 Å². The van der Waals surface area contributed by atoms with E-state index < -0.39 is 0 Å². The van der Waals surface area contributed by atoms with Gasteiger partial charge in [0.15, 0.2) is 6.34 Å². The first-order valence-electron chi connectivity index (χ1n) is 5.01. The molecule has 0 saturated carbocycles. The first kappa shape index (κ1) is 8.84. The lowest BCUT2D eigenvalue weighted by molar-refractivity contribution is 0.622. The minimum Gasteiger partial charge on any atom is -0.247 e. The average Bonchev–Trinajstić information content (AvgIpc) is 3.01. The first-order valence-corrected chi connectivity index (χ1v) is 5.01. The van der Waals surface area contributed by atoms with Crippen molar-refractivity contribution in [1.29, 1.82) is 0 Å². The maximum absolute atomic E-state index is 4.03. The third-order valence-electron chi connectivity index (χ3n) is 2.34. The Morgan fingerprint density at radius 2 is 1.69 bits per heavy atom. The summed E-state index contributed by atoms with van der Waals surface area (Å²) in [6.07, 6.45) is 5.62. The number of rotatable bonds is 2. The van der Waals surface area contributed by atoms with Crippen molar-refractivity contribution in [1.82, 2.24) is 10.2 Å². The molecule has 0 bridgehead atoms. The van der Waals surface area contributed by atoms with Gasteiger partial charge in [-0.15, -0.1) is 5.10 Å². The molecular weight excluding hydrogens is 202 g/mol. The zero-order valence-electron chi connectivity index (χ0n) is 8.56. The van der Waals surface area contributed by atoms with Crippen LogP contribution in [-0.2, 0) is 0 Å². The van der Waals surface area contributed by atoms with Crippen molar-refractivity contribution in [2.45, 2.75) is 0 Å². The summed E-state index contributed by atoms with van der Waals surface area (Å²) in [5, 5.41) is 7.75. The van der Waals surface area contributed by atoms with Crippen LogP contribution >= 0.6 is 0 Å². The molecule has 1 aromatic carbocycles. The Hall–Kier alpha value is -2.43. The van der Waals surface area contributed by atoms with E-state index in [1.165, 1.54) is 0 Å². The molecule has 2 aromatic rings. The minimum absolute atomic E-state index is 1.02. The minimum atomic E-state index is 1.02. The number of hydrogen-bond donors (Lipinski definition) is 1. The summed E-state index contributed by atoms with van der Waals surface area (Å²) in [6, 6.07) is 13.9. The van der Waals surface area contributed by atoms with Crippen molar-refractivity contribution in [2.24, 2.45) is 5.10 Å². The number of benzene rings is 1. The molecule has 0 saturated heterocycles. The SMILES string of the molecule is C1=NNN(c2ccccc2)N1n1cccc1. The first-order chi connectivity index (χ1) is 7.95. The molecule has 0 unspecified atom stereocenters. The fourth-order valence-corrected chi connectivity index (χ4v) is 1.60. The van der Waals surface area contributed by atoms with E-state index in [4.69, 9.17) is 0 Å². The zero-order chi connectivity index (χ0) is 10.8. The fourth-order valence-electron chi connectivity index (χ4n) is 1.60. The van der Waals surface area contributed by atoms with Gasteiger partial charge in [0.1, 0.15) is 0 Å². The number of anilines is 1. The molecule has 0 spiro atoms. The Bertz CT molecular complexity index is 476. The van der Waals surface area contributed by atoms with Crippen molar-refractivity contribution < 1.29 is 0 Å². The van der Waals surface area contributed by atoms with Gasteiger partial charge in [-0.25, -0.2) is 4.68 Å². The summed E-state index contributed by atoms with van der Waals surface area (Å²) >= 11 is 0. The van der Waals surface area contributed by atoms with Crippen molar-refractivity contribution in [3.63, 3.8) is 0 Å². The second-order valence-corrected chi connectivity index (χ2v) is 3.38. The van der Waals surface area contributed by atoms with Crippen LogP contribution < -0.4 is 15.8 Å². The van der Waals surface area contributed by atoms with Gasteiger partial charge in [-0.3, -0.25) is 0 Å². The standard InChI is InChI=1S/C11H11N5/c1-2-6-11(7-3-1)16-13-12-10-15(16)14-8-4-5-9-14/h1-10,13H. The summed E-state index contributed by atoms with van der Waals surface area (Å²) in [6.45, 7) is 0. The maximum atomic E-state index is 4.03. The summed E-state index contributed by atoms with van der Waals surface area (Å²) in [5.41, 5.74) is 3.94. The smallest absolute Gasteiger partial charge is 0.158 e. The number of hydrogen-bond acceptors (Lipinski definition) is 4. The highest BCUT2D eigenvalue weighted by Crippen LogP contribution is 2.14. The molecule has 5 heteroatoms. The number of aromatic nitrogens is 1. The molecule has 0 aliphatic carbocycles. The Kier molecular flexibility index (Phi) is 2.00. The normalized spacial score (nSPS) is 14.2. The number of nitrogens with one attached hydrogen (secondary N) is 1. The van der Waals surface area contributed by atoms with Crippen LogP contribution in [0.3, 0.4) is 0 Å². The number of nitrogens with zero attached hydrogens (tertiary/aromatic N) is 4. The summed E-state index contributed by atoms with van der Waals surface area (Å²) < 4.78 is 1.93. The van der Waals surface area contributed by atoms with E-state index in [0.717, 1.165) is 5.69 Å². The molecule has 1 aliphatic rings. The van der Waals surface area contributed by atoms with Gasteiger partial charge in [0.2, 0.25) is 0 Å². The van der Waals surface area contributed by atoms with Crippen molar-refractivity contribution in [2.75, 3.05) is 10.2 Å². The van der Waals surface area contributed by atoms with E-state index >= 15 is 0 Å². The molecule has 80 valence electrons. The van der Waals surface area contributed by atoms with Gasteiger partial charge in [0.05, 0.1) is 5.69 Å². The van der Waals surface area contributed by atoms with Gasteiger partial charge in [-0.05, 0) is 24.3 Å². The van der Waals surface area contributed by atoms with Crippen LogP contribution in [0.5, 0.6) is 0 Å². The van der Waals surface area contributed by atoms with Crippen LogP contribution in [0.4, 0.5) is 5.69 Å². The van der Waals surface area contributed by atoms with Gasteiger partial charge < -0.3 is 0 Å². The molecule has 5 nitrogen and oxygen atoms in total. The second-order valence-electron chi connectivity index (χ2n) is 3.38. The molecular formula is C11H11N5. The molecule has 0 fully saturated rings. The van der Waals surface area contributed by atoms with Crippen LogP contribution in [0.1, 0.15) is 0 Å². The molecule has 1 N–H and O–H groups in total. The lowest BCUT2D eigenvalue weighted by Gasteiger charge is -2.28. The highest BCUT2D eigenvalue weighted by atomic mass is 16.0. The van der Waals surface area contributed by atoms with Gasteiger partial charge in [-0.2, -0.15) is 15.8 Å². The van der Waals surface area contributed by atoms with Crippen LogP contribution in [0.2, 0.25) is 0 Å². The summed E-state index contributed by atoms with van der Waals surface area (Å²) in [5.74, 6) is 0. The lowest BCUT2D eigenvalue weighted by atomic mass is 10.3. The van der Waals surface area contributed by atoms with E-state index in [1.807, 2.05) is 69.8 Å². The molecule has 1 aromatic heterocycles. The van der Waals surface area contributed by atoms with E-state index in [2.05, 4.69) is 10.6 Å². The molecule has 1 aliphatic heterocycles. The van der Waals surface area contributed by atoms with Crippen molar-refractivity contribution in [3.05, 3.63) is 54.9 Å². The number of hydrazine groups is 2. The molecule has 3 rings (SSSR count). The van der Waals surface area contributed by atoms with Crippen LogP contribution in [0.15, 0.2) is 60.0 Å². The molecule has 2 heterocycles. The third-order valence-corrected chi connectivity index (χ3v) is 2.34. The van der Waals surface area contributed by atoms with Gasteiger partial charge in [-0.1, -0.05) is 18.2 Å². The highest BCUT2D eigenvalue weighted by Gasteiger charge is 2.18. The van der Waals surface area contributed by atoms with Crippen LogP contribution in [0.25, 0.3) is 0 Å². The molecule has 0 atom stereocenters. The Morgan fingerprint density at radius 3 is 2.44 bits per heavy atom. The number of para-hydroxylation sites is 1. The second kappa shape index (κ2) is 3.62. The van der Waals surface area contributed by atoms with E-state index in [-0.39, 0.29) is 0 Å². The lowest BCUT2D eigenvalue weighted by Crippen LogP contribution is -2.49. The van der Waals surface area contributed by atoms with Crippen LogP contribution in [0, 0.1) is 0 Å². The Labute approximate surface area is 93.1 Å².